The zero-order valence-electron chi connectivity index (χ0n) is 14.2. The Bertz CT molecular complexity index is 597. The maximum atomic E-state index is 12.4. The average Bonchev–Trinajstić information content (AvgIpc) is 2.56. The van der Waals surface area contributed by atoms with Crippen molar-refractivity contribution in [2.45, 2.75) is 31.5 Å². The molecular weight excluding hydrogens is 331 g/mol. The van der Waals surface area contributed by atoms with E-state index in [2.05, 4.69) is 17.4 Å². The zero-order valence-corrected chi connectivity index (χ0v) is 14.2. The molecule has 0 saturated carbocycles. The van der Waals surface area contributed by atoms with Crippen LogP contribution in [-0.2, 0) is 11.2 Å². The minimum absolute atomic E-state index is 0.0453. The molecule has 0 aromatic heterocycles. The number of nitrogens with one attached hydrogen (secondary N) is 1. The van der Waals surface area contributed by atoms with Gasteiger partial charge in [0.15, 0.2) is 0 Å². The molecule has 1 aliphatic heterocycles. The molecule has 1 aromatic carbocycles. The second kappa shape index (κ2) is 7.74. The van der Waals surface area contributed by atoms with E-state index in [1.54, 1.807) is 0 Å². The zero-order chi connectivity index (χ0) is 17.9. The third-order valence-corrected chi connectivity index (χ3v) is 4.94. The molecule has 1 fully saturated rings. The van der Waals surface area contributed by atoms with Crippen LogP contribution in [-0.4, -0.2) is 61.2 Å². The minimum Gasteiger partial charge on any atom is -0.348 e. The number of benzene rings is 1. The lowest BCUT2D eigenvalue weighted by Crippen LogP contribution is -2.51. The Morgan fingerprint density at radius 3 is 2.52 bits per heavy atom. The third-order valence-electron chi connectivity index (χ3n) is 4.94. The van der Waals surface area contributed by atoms with Crippen LogP contribution in [0, 0.1) is 0 Å². The monoisotopic (exact) mass is 355 g/mol. The molecule has 1 heterocycles. The molecule has 1 N–H and O–H groups in total. The van der Waals surface area contributed by atoms with Crippen molar-refractivity contribution < 1.29 is 18.0 Å². The first kappa shape index (κ1) is 18.2. The van der Waals surface area contributed by atoms with Crippen molar-refractivity contribution in [2.24, 2.45) is 0 Å². The molecule has 2 aliphatic rings. The molecule has 0 spiro atoms. The Hall–Kier alpha value is -1.60. The first-order valence-corrected chi connectivity index (χ1v) is 8.79. The van der Waals surface area contributed by atoms with Gasteiger partial charge in [-0.25, -0.2) is 0 Å². The van der Waals surface area contributed by atoms with Crippen molar-refractivity contribution in [3.63, 3.8) is 0 Å². The molecule has 138 valence electrons. The Kier molecular flexibility index (Phi) is 5.64. The predicted molar refractivity (Wildman–Crippen MR) is 89.2 cm³/mol. The Balaban J connectivity index is 1.47. The molecule has 4 nitrogen and oxygen atoms in total. The number of nitrogens with zero attached hydrogens (tertiary/aromatic N) is 2. The summed E-state index contributed by atoms with van der Waals surface area (Å²) in [7, 11) is 0. The van der Waals surface area contributed by atoms with Crippen molar-refractivity contribution in [2.75, 3.05) is 39.3 Å². The molecule has 1 aromatic rings. The lowest BCUT2D eigenvalue weighted by atomic mass is 9.88. The number of halogens is 3. The largest absolute Gasteiger partial charge is 0.401 e. The lowest BCUT2D eigenvalue weighted by molar-refractivity contribution is -0.150. The summed E-state index contributed by atoms with van der Waals surface area (Å²) in [4.78, 5) is 15.7. The van der Waals surface area contributed by atoms with Gasteiger partial charge >= 0.3 is 6.18 Å². The first-order valence-electron chi connectivity index (χ1n) is 8.79. The standard InChI is InChI=1S/C18H24F3N3O/c19-18(20,21)13-24-10-8-23(9-11-24)12-17(25)22-16-7-3-5-14-4-1-2-6-15(14)16/h1-2,4,6,16H,3,5,7-13H2,(H,22,25)/t16-/m1/s1. The molecule has 25 heavy (non-hydrogen) atoms. The van der Waals surface area contributed by atoms with Gasteiger partial charge in [0, 0.05) is 26.2 Å². The summed E-state index contributed by atoms with van der Waals surface area (Å²) in [5.74, 6) is -0.0500. The van der Waals surface area contributed by atoms with Gasteiger partial charge in [0.25, 0.3) is 0 Å². The number of fused-ring (bicyclic) bond motifs is 1. The Morgan fingerprint density at radius 2 is 1.80 bits per heavy atom. The molecule has 0 unspecified atom stereocenters. The fourth-order valence-corrected chi connectivity index (χ4v) is 3.71. The smallest absolute Gasteiger partial charge is 0.348 e. The first-order chi connectivity index (χ1) is 11.9. The van der Waals surface area contributed by atoms with Crippen LogP contribution in [0.4, 0.5) is 13.2 Å². The highest BCUT2D eigenvalue weighted by atomic mass is 19.4. The number of piperazine rings is 1. The fraction of sp³-hybridized carbons (Fsp3) is 0.611. The van der Waals surface area contributed by atoms with Gasteiger partial charge in [0.05, 0.1) is 19.1 Å². The number of amides is 1. The predicted octanol–water partition coefficient (Wildman–Crippen LogP) is 2.36. The molecule has 1 aliphatic carbocycles. The van der Waals surface area contributed by atoms with Crippen molar-refractivity contribution >= 4 is 5.91 Å². The van der Waals surface area contributed by atoms with Gasteiger partial charge in [-0.2, -0.15) is 13.2 Å². The Labute approximate surface area is 146 Å². The number of hydrogen-bond acceptors (Lipinski definition) is 3. The van der Waals surface area contributed by atoms with Crippen LogP contribution in [0.5, 0.6) is 0 Å². The van der Waals surface area contributed by atoms with Crippen LogP contribution in [0.15, 0.2) is 24.3 Å². The van der Waals surface area contributed by atoms with Gasteiger partial charge in [0.1, 0.15) is 0 Å². The van der Waals surface area contributed by atoms with Crippen LogP contribution < -0.4 is 5.32 Å². The number of hydrogen-bond donors (Lipinski definition) is 1. The van der Waals surface area contributed by atoms with E-state index >= 15 is 0 Å². The van der Waals surface area contributed by atoms with E-state index in [0.717, 1.165) is 19.3 Å². The normalized spacial score (nSPS) is 22.4. The van der Waals surface area contributed by atoms with Crippen LogP contribution in [0.1, 0.15) is 30.0 Å². The van der Waals surface area contributed by atoms with Gasteiger partial charge in [-0.15, -0.1) is 0 Å². The summed E-state index contributed by atoms with van der Waals surface area (Å²) >= 11 is 0. The molecule has 1 amide bonds. The van der Waals surface area contributed by atoms with E-state index in [1.807, 2.05) is 17.0 Å². The van der Waals surface area contributed by atoms with E-state index in [0.29, 0.717) is 26.2 Å². The number of carbonyl (C=O) groups is 1. The summed E-state index contributed by atoms with van der Waals surface area (Å²) in [5.41, 5.74) is 2.48. The summed E-state index contributed by atoms with van der Waals surface area (Å²) in [6, 6.07) is 8.22. The van der Waals surface area contributed by atoms with E-state index in [9.17, 15) is 18.0 Å². The van der Waals surface area contributed by atoms with Crippen molar-refractivity contribution in [1.29, 1.82) is 0 Å². The average molecular weight is 355 g/mol. The summed E-state index contributed by atoms with van der Waals surface area (Å²) in [6.07, 6.45) is -1.13. The van der Waals surface area contributed by atoms with Crippen LogP contribution >= 0.6 is 0 Å². The van der Waals surface area contributed by atoms with E-state index in [4.69, 9.17) is 0 Å². The summed E-state index contributed by atoms with van der Waals surface area (Å²) in [5, 5.41) is 3.10. The van der Waals surface area contributed by atoms with Crippen molar-refractivity contribution in [3.05, 3.63) is 35.4 Å². The SMILES string of the molecule is O=C(CN1CCN(CC(F)(F)F)CC1)N[C@@H]1CCCc2ccccc21. The van der Waals surface area contributed by atoms with E-state index in [-0.39, 0.29) is 18.5 Å². The number of alkyl halides is 3. The molecule has 3 rings (SSSR count). The van der Waals surface area contributed by atoms with Crippen LogP contribution in [0.3, 0.4) is 0 Å². The summed E-state index contributed by atoms with van der Waals surface area (Å²) in [6.45, 7) is 1.05. The third kappa shape index (κ3) is 5.19. The number of carbonyl (C=O) groups excluding carboxylic acids is 1. The topological polar surface area (TPSA) is 35.6 Å². The highest BCUT2D eigenvalue weighted by molar-refractivity contribution is 5.78. The minimum atomic E-state index is -4.16. The van der Waals surface area contributed by atoms with Crippen molar-refractivity contribution in [1.82, 2.24) is 15.1 Å². The van der Waals surface area contributed by atoms with Crippen LogP contribution in [0.2, 0.25) is 0 Å². The molecule has 0 bridgehead atoms. The second-order valence-electron chi connectivity index (χ2n) is 6.88. The van der Waals surface area contributed by atoms with Gasteiger partial charge in [-0.1, -0.05) is 24.3 Å². The van der Waals surface area contributed by atoms with Gasteiger partial charge in [-0.3, -0.25) is 14.6 Å². The molecule has 0 radical (unpaired) electrons. The highest BCUT2D eigenvalue weighted by Gasteiger charge is 2.32. The van der Waals surface area contributed by atoms with Crippen molar-refractivity contribution in [3.8, 4) is 0 Å². The van der Waals surface area contributed by atoms with Gasteiger partial charge in [-0.05, 0) is 30.4 Å². The fourth-order valence-electron chi connectivity index (χ4n) is 3.71. The lowest BCUT2D eigenvalue weighted by Gasteiger charge is -2.35. The highest BCUT2D eigenvalue weighted by Crippen LogP contribution is 2.29. The maximum absolute atomic E-state index is 12.4. The Morgan fingerprint density at radius 1 is 1.12 bits per heavy atom. The van der Waals surface area contributed by atoms with Gasteiger partial charge in [0.2, 0.25) is 5.91 Å². The maximum Gasteiger partial charge on any atom is 0.401 e. The number of rotatable bonds is 4. The molecular formula is C18H24F3N3O. The quantitative estimate of drug-likeness (QED) is 0.901. The second-order valence-corrected chi connectivity index (χ2v) is 6.88. The van der Waals surface area contributed by atoms with Crippen LogP contribution in [0.25, 0.3) is 0 Å². The molecule has 1 atom stereocenters. The molecule has 7 heteroatoms. The summed E-state index contributed by atoms with van der Waals surface area (Å²) < 4.78 is 37.2. The van der Waals surface area contributed by atoms with E-state index in [1.165, 1.54) is 16.0 Å². The van der Waals surface area contributed by atoms with E-state index < -0.39 is 12.7 Å². The van der Waals surface area contributed by atoms with Gasteiger partial charge < -0.3 is 5.32 Å². The molecule has 1 saturated heterocycles. The number of aryl methyl sites for hydroxylation is 1.